The molecule has 8 nitrogen and oxygen atoms in total. The van der Waals surface area contributed by atoms with E-state index in [1.54, 1.807) is 18.3 Å². The third-order valence-corrected chi connectivity index (χ3v) is 2.39. The topological polar surface area (TPSA) is 137 Å². The number of aromatic nitrogens is 1. The van der Waals surface area contributed by atoms with Crippen LogP contribution in [0.25, 0.3) is 0 Å². The van der Waals surface area contributed by atoms with Crippen LogP contribution < -0.4 is 16.8 Å². The summed E-state index contributed by atoms with van der Waals surface area (Å²) in [6.07, 6.45) is 3.02. The van der Waals surface area contributed by atoms with Crippen molar-refractivity contribution in [1.82, 2.24) is 4.98 Å². The van der Waals surface area contributed by atoms with E-state index in [4.69, 9.17) is 11.5 Å². The summed E-state index contributed by atoms with van der Waals surface area (Å²) in [4.78, 5) is 23.9. The number of carbonyl (C=O) groups is 1. The number of thiocarbonyl (C=S) groups is 1. The largest absolute Gasteiger partial charge is 0.376 e. The predicted octanol–water partition coefficient (Wildman–Crippen LogP) is 1.43. The number of nitro benzene ring substituents is 1. The number of benzene rings is 1. The lowest BCUT2D eigenvalue weighted by molar-refractivity contribution is -0.384. The minimum atomic E-state index is -0.468. The lowest BCUT2D eigenvalue weighted by Gasteiger charge is -2.01. The van der Waals surface area contributed by atoms with Crippen molar-refractivity contribution in [1.29, 1.82) is 0 Å². The van der Waals surface area contributed by atoms with Crippen molar-refractivity contribution in [2.24, 2.45) is 11.5 Å². The summed E-state index contributed by atoms with van der Waals surface area (Å²) in [5, 5.41) is 13.1. The van der Waals surface area contributed by atoms with Gasteiger partial charge in [0.15, 0.2) is 5.11 Å². The lowest BCUT2D eigenvalue weighted by atomic mass is 10.3. The van der Waals surface area contributed by atoms with Crippen LogP contribution in [0.3, 0.4) is 0 Å². The third-order valence-electron chi connectivity index (χ3n) is 2.29. The second-order valence-electron chi connectivity index (χ2n) is 3.90. The van der Waals surface area contributed by atoms with Gasteiger partial charge >= 0.3 is 0 Å². The highest BCUT2D eigenvalue weighted by Gasteiger charge is 2.03. The number of pyridine rings is 1. The van der Waals surface area contributed by atoms with Gasteiger partial charge in [0, 0.05) is 30.2 Å². The molecule has 2 rings (SSSR count). The minimum Gasteiger partial charge on any atom is -0.376 e. The third kappa shape index (κ3) is 5.92. The van der Waals surface area contributed by atoms with Gasteiger partial charge in [0.1, 0.15) is 0 Å². The quantitative estimate of drug-likeness (QED) is 0.442. The van der Waals surface area contributed by atoms with Crippen LogP contribution in [-0.2, 0) is 0 Å². The number of rotatable bonds is 3. The molecule has 0 aliphatic carbocycles. The molecule has 0 spiro atoms. The summed E-state index contributed by atoms with van der Waals surface area (Å²) in [6, 6.07) is 9.12. The summed E-state index contributed by atoms with van der Waals surface area (Å²) in [5.41, 5.74) is 11.3. The van der Waals surface area contributed by atoms with E-state index in [1.807, 2.05) is 0 Å². The van der Waals surface area contributed by atoms with Crippen LogP contribution in [0.4, 0.5) is 11.4 Å². The average Bonchev–Trinajstić information content (AvgIpc) is 2.48. The van der Waals surface area contributed by atoms with Gasteiger partial charge in [0.2, 0.25) is 5.91 Å². The van der Waals surface area contributed by atoms with E-state index in [1.165, 1.54) is 30.5 Å². The van der Waals surface area contributed by atoms with E-state index in [0.717, 1.165) is 0 Å². The highest BCUT2D eigenvalue weighted by Crippen LogP contribution is 2.14. The Hall–Kier alpha value is -3.07. The number of carbonyl (C=O) groups excluding carboxylic acids is 1. The number of nitro groups is 1. The molecule has 1 amide bonds. The lowest BCUT2D eigenvalue weighted by Crippen LogP contribution is -2.18. The summed E-state index contributed by atoms with van der Waals surface area (Å²) in [7, 11) is 0. The second kappa shape index (κ2) is 8.27. The van der Waals surface area contributed by atoms with E-state index in [0.29, 0.717) is 11.3 Å². The summed E-state index contributed by atoms with van der Waals surface area (Å²) < 4.78 is 0. The zero-order valence-electron chi connectivity index (χ0n) is 11.3. The number of nitrogens with two attached hydrogens (primary N) is 2. The fourth-order valence-corrected chi connectivity index (χ4v) is 1.44. The molecule has 0 unspecified atom stereocenters. The van der Waals surface area contributed by atoms with Crippen LogP contribution >= 0.6 is 12.2 Å². The molecular formula is C13H13N5O3S. The van der Waals surface area contributed by atoms with E-state index < -0.39 is 10.8 Å². The van der Waals surface area contributed by atoms with Crippen molar-refractivity contribution >= 4 is 34.6 Å². The molecule has 5 N–H and O–H groups in total. The van der Waals surface area contributed by atoms with Gasteiger partial charge in [-0.3, -0.25) is 19.9 Å². The van der Waals surface area contributed by atoms with E-state index in [9.17, 15) is 14.9 Å². The number of anilines is 1. The Morgan fingerprint density at radius 2 is 1.86 bits per heavy atom. The predicted molar refractivity (Wildman–Crippen MR) is 86.3 cm³/mol. The first-order chi connectivity index (χ1) is 10.4. The Bertz CT molecular complexity index is 661. The Labute approximate surface area is 131 Å². The number of hydrogen-bond acceptors (Lipinski definition) is 5. The Morgan fingerprint density at radius 1 is 1.23 bits per heavy atom. The molecule has 0 fully saturated rings. The van der Waals surface area contributed by atoms with Gasteiger partial charge in [-0.1, -0.05) is 0 Å². The number of primary amides is 1. The number of amides is 1. The maximum atomic E-state index is 10.4. The second-order valence-corrected chi connectivity index (χ2v) is 4.34. The Balaban J connectivity index is 0.000000235. The molecule has 0 atom stereocenters. The molecule has 9 heteroatoms. The van der Waals surface area contributed by atoms with Crippen LogP contribution in [0.15, 0.2) is 48.8 Å². The summed E-state index contributed by atoms with van der Waals surface area (Å²) >= 11 is 4.59. The molecule has 1 aromatic heterocycles. The Morgan fingerprint density at radius 3 is 2.23 bits per heavy atom. The molecule has 0 saturated heterocycles. The number of nitrogens with zero attached hydrogens (tertiary/aromatic N) is 2. The van der Waals surface area contributed by atoms with Crippen molar-refractivity contribution in [3.8, 4) is 0 Å². The van der Waals surface area contributed by atoms with Crippen LogP contribution in [0, 0.1) is 10.1 Å². The first-order valence-corrected chi connectivity index (χ1v) is 6.31. The van der Waals surface area contributed by atoms with E-state index in [2.05, 4.69) is 22.5 Å². The monoisotopic (exact) mass is 319 g/mol. The average molecular weight is 319 g/mol. The highest BCUT2D eigenvalue weighted by molar-refractivity contribution is 7.80. The zero-order chi connectivity index (χ0) is 16.5. The van der Waals surface area contributed by atoms with E-state index >= 15 is 0 Å². The number of nitrogens with one attached hydrogen (secondary N) is 1. The SMILES string of the molecule is NC(=O)c1cccnc1.NC(=S)Nc1ccc([N+](=O)[O-])cc1. The molecule has 0 radical (unpaired) electrons. The smallest absolute Gasteiger partial charge is 0.269 e. The minimum absolute atomic E-state index is 0.0356. The zero-order valence-corrected chi connectivity index (χ0v) is 12.1. The number of non-ortho nitro benzene ring substituents is 1. The molecule has 0 bridgehead atoms. The van der Waals surface area contributed by atoms with Gasteiger partial charge in [0.05, 0.1) is 10.5 Å². The van der Waals surface area contributed by atoms with Crippen molar-refractivity contribution in [2.45, 2.75) is 0 Å². The molecular weight excluding hydrogens is 306 g/mol. The molecule has 2 aromatic rings. The summed E-state index contributed by atoms with van der Waals surface area (Å²) in [5.74, 6) is -0.442. The Kier molecular flexibility index (Phi) is 6.38. The van der Waals surface area contributed by atoms with Crippen LogP contribution in [0.5, 0.6) is 0 Å². The van der Waals surface area contributed by atoms with E-state index in [-0.39, 0.29) is 10.8 Å². The first kappa shape index (κ1) is 17.0. The fourth-order valence-electron chi connectivity index (χ4n) is 1.32. The molecule has 0 aliphatic heterocycles. The molecule has 114 valence electrons. The summed E-state index contributed by atoms with van der Waals surface area (Å²) in [6.45, 7) is 0. The van der Waals surface area contributed by atoms with Gasteiger partial charge in [-0.25, -0.2) is 0 Å². The normalized spacial score (nSPS) is 9.09. The van der Waals surface area contributed by atoms with Gasteiger partial charge < -0.3 is 16.8 Å². The fraction of sp³-hybridized carbons (Fsp3) is 0. The number of hydrogen-bond donors (Lipinski definition) is 3. The molecule has 0 aliphatic rings. The highest BCUT2D eigenvalue weighted by atomic mass is 32.1. The molecule has 22 heavy (non-hydrogen) atoms. The maximum Gasteiger partial charge on any atom is 0.269 e. The first-order valence-electron chi connectivity index (χ1n) is 5.91. The molecule has 1 aromatic carbocycles. The van der Waals surface area contributed by atoms with Crippen molar-refractivity contribution in [2.75, 3.05) is 5.32 Å². The standard InChI is InChI=1S/C7H7N3O2S.C6H6N2O/c8-7(13)9-5-1-3-6(4-2-5)10(11)12;7-6(9)5-2-1-3-8-4-5/h1-4H,(H3,8,9,13);1-4H,(H2,7,9). The molecule has 1 heterocycles. The van der Waals surface area contributed by atoms with Crippen molar-refractivity contribution in [3.63, 3.8) is 0 Å². The maximum absolute atomic E-state index is 10.4. The van der Waals surface area contributed by atoms with Crippen LogP contribution in [0.1, 0.15) is 10.4 Å². The van der Waals surface area contributed by atoms with Gasteiger partial charge in [-0.2, -0.15) is 0 Å². The van der Waals surface area contributed by atoms with Gasteiger partial charge in [-0.15, -0.1) is 0 Å². The van der Waals surface area contributed by atoms with Crippen LogP contribution in [-0.4, -0.2) is 20.9 Å². The molecule has 0 saturated carbocycles. The van der Waals surface area contributed by atoms with Crippen molar-refractivity contribution in [3.05, 3.63) is 64.5 Å². The van der Waals surface area contributed by atoms with Crippen LogP contribution in [0.2, 0.25) is 0 Å². The van der Waals surface area contributed by atoms with Gasteiger partial charge in [-0.05, 0) is 36.5 Å². The van der Waals surface area contributed by atoms with Crippen molar-refractivity contribution < 1.29 is 9.72 Å². The van der Waals surface area contributed by atoms with Gasteiger partial charge in [0.25, 0.3) is 5.69 Å².